The zero-order valence-corrected chi connectivity index (χ0v) is 17.6. The minimum atomic E-state index is -1.07. The van der Waals surface area contributed by atoms with Crippen molar-refractivity contribution in [2.45, 2.75) is 13.5 Å². The largest absolute Gasteiger partial charge is 0.477 e. The van der Waals surface area contributed by atoms with Crippen LogP contribution in [0, 0.1) is 6.92 Å². The molecule has 3 heterocycles. The second kappa shape index (κ2) is 7.21. The van der Waals surface area contributed by atoms with E-state index in [1.807, 2.05) is 65.6 Å². The minimum absolute atomic E-state index is 0.0167. The molecule has 5 rings (SSSR count). The SMILES string of the molecule is Cc1nc2ccc(C(=O)O)nc2n1Cc1ccc(-c2nc3ccccc3n2C)cc1Cl. The van der Waals surface area contributed by atoms with Crippen LogP contribution in [-0.2, 0) is 13.6 Å². The van der Waals surface area contributed by atoms with Gasteiger partial charge in [-0.05, 0) is 42.8 Å². The first kappa shape index (κ1) is 19.3. The number of carbonyl (C=O) groups is 1. The van der Waals surface area contributed by atoms with Gasteiger partial charge >= 0.3 is 5.97 Å². The predicted molar refractivity (Wildman–Crippen MR) is 119 cm³/mol. The van der Waals surface area contributed by atoms with Crippen LogP contribution in [0.25, 0.3) is 33.6 Å². The monoisotopic (exact) mass is 431 g/mol. The van der Waals surface area contributed by atoms with Gasteiger partial charge in [-0.15, -0.1) is 0 Å². The highest BCUT2D eigenvalue weighted by Gasteiger charge is 2.15. The van der Waals surface area contributed by atoms with Gasteiger partial charge in [0, 0.05) is 17.6 Å². The number of aryl methyl sites for hydroxylation is 2. The van der Waals surface area contributed by atoms with Crippen LogP contribution in [0.4, 0.5) is 0 Å². The molecule has 0 saturated heterocycles. The Morgan fingerprint density at radius 2 is 1.84 bits per heavy atom. The van der Waals surface area contributed by atoms with E-state index >= 15 is 0 Å². The fraction of sp³-hybridized carbons (Fsp3) is 0.130. The van der Waals surface area contributed by atoms with Crippen LogP contribution in [0.2, 0.25) is 5.02 Å². The number of carboxylic acids is 1. The molecule has 0 radical (unpaired) electrons. The molecular weight excluding hydrogens is 414 g/mol. The quantitative estimate of drug-likeness (QED) is 0.446. The zero-order valence-electron chi connectivity index (χ0n) is 16.9. The first-order valence-corrected chi connectivity index (χ1v) is 10.1. The molecule has 0 saturated carbocycles. The molecule has 0 unspecified atom stereocenters. The van der Waals surface area contributed by atoms with E-state index in [1.54, 1.807) is 6.07 Å². The average Bonchev–Trinajstić information content (AvgIpc) is 3.26. The van der Waals surface area contributed by atoms with Gasteiger partial charge in [-0.2, -0.15) is 0 Å². The van der Waals surface area contributed by atoms with Crippen molar-refractivity contribution in [1.29, 1.82) is 0 Å². The van der Waals surface area contributed by atoms with E-state index in [-0.39, 0.29) is 5.69 Å². The molecule has 31 heavy (non-hydrogen) atoms. The summed E-state index contributed by atoms with van der Waals surface area (Å²) in [6.45, 7) is 2.30. The zero-order chi connectivity index (χ0) is 21.7. The number of hydrogen-bond acceptors (Lipinski definition) is 4. The predicted octanol–water partition coefficient (Wildman–Crippen LogP) is 4.69. The lowest BCUT2D eigenvalue weighted by molar-refractivity contribution is 0.0691. The number of pyridine rings is 1. The van der Waals surface area contributed by atoms with E-state index in [2.05, 4.69) is 9.97 Å². The Balaban J connectivity index is 1.54. The van der Waals surface area contributed by atoms with Crippen molar-refractivity contribution in [1.82, 2.24) is 24.1 Å². The van der Waals surface area contributed by atoms with E-state index in [9.17, 15) is 9.90 Å². The summed E-state index contributed by atoms with van der Waals surface area (Å²) in [6, 6.07) is 17.0. The number of fused-ring (bicyclic) bond motifs is 2. The molecule has 0 aliphatic carbocycles. The number of rotatable bonds is 4. The van der Waals surface area contributed by atoms with Crippen molar-refractivity contribution >= 4 is 39.8 Å². The highest BCUT2D eigenvalue weighted by atomic mass is 35.5. The number of aromatic carboxylic acids is 1. The Morgan fingerprint density at radius 1 is 1.03 bits per heavy atom. The third kappa shape index (κ3) is 3.23. The van der Waals surface area contributed by atoms with Gasteiger partial charge in [-0.1, -0.05) is 35.9 Å². The normalized spacial score (nSPS) is 11.5. The standard InChI is InChI=1S/C23H18ClN5O2/c1-13-25-18-9-10-19(23(30)31)27-22(18)29(13)12-15-8-7-14(11-16(15)24)21-26-17-5-3-4-6-20(17)28(21)2/h3-11H,12H2,1-2H3,(H,30,31). The molecule has 5 aromatic rings. The van der Waals surface area contributed by atoms with Crippen molar-refractivity contribution in [3.8, 4) is 11.4 Å². The summed E-state index contributed by atoms with van der Waals surface area (Å²) in [5, 5.41) is 9.87. The van der Waals surface area contributed by atoms with E-state index in [0.717, 1.165) is 33.8 Å². The van der Waals surface area contributed by atoms with Crippen LogP contribution in [0.3, 0.4) is 0 Å². The third-order valence-corrected chi connectivity index (χ3v) is 5.78. The summed E-state index contributed by atoms with van der Waals surface area (Å²) in [6.07, 6.45) is 0. The average molecular weight is 432 g/mol. The highest BCUT2D eigenvalue weighted by molar-refractivity contribution is 6.31. The van der Waals surface area contributed by atoms with Crippen LogP contribution in [0.15, 0.2) is 54.6 Å². The van der Waals surface area contributed by atoms with Gasteiger partial charge in [0.1, 0.15) is 17.2 Å². The summed E-state index contributed by atoms with van der Waals surface area (Å²) < 4.78 is 3.92. The fourth-order valence-electron chi connectivity index (χ4n) is 3.81. The number of para-hydroxylation sites is 2. The van der Waals surface area contributed by atoms with Crippen LogP contribution in [0.5, 0.6) is 0 Å². The van der Waals surface area contributed by atoms with Crippen LogP contribution in [0.1, 0.15) is 21.9 Å². The first-order valence-electron chi connectivity index (χ1n) is 9.70. The molecule has 0 aliphatic rings. The number of carboxylic acid groups (broad SMARTS) is 1. The molecule has 1 N–H and O–H groups in total. The molecule has 2 aromatic carbocycles. The molecule has 0 atom stereocenters. The molecule has 7 nitrogen and oxygen atoms in total. The second-order valence-corrected chi connectivity index (χ2v) is 7.79. The van der Waals surface area contributed by atoms with E-state index < -0.39 is 5.97 Å². The van der Waals surface area contributed by atoms with E-state index in [0.29, 0.717) is 22.7 Å². The lowest BCUT2D eigenvalue weighted by Gasteiger charge is -2.10. The minimum Gasteiger partial charge on any atom is -0.477 e. The lowest BCUT2D eigenvalue weighted by atomic mass is 10.1. The molecule has 0 fully saturated rings. The van der Waals surface area contributed by atoms with Crippen molar-refractivity contribution in [3.05, 3.63) is 76.7 Å². The number of nitrogens with zero attached hydrogens (tertiary/aromatic N) is 5. The summed E-state index contributed by atoms with van der Waals surface area (Å²) >= 11 is 6.65. The molecule has 0 bridgehead atoms. The van der Waals surface area contributed by atoms with E-state index in [1.165, 1.54) is 6.07 Å². The number of benzene rings is 2. The molecular formula is C23H18ClN5O2. The van der Waals surface area contributed by atoms with Gasteiger partial charge in [0.2, 0.25) is 0 Å². The van der Waals surface area contributed by atoms with Gasteiger partial charge in [-0.3, -0.25) is 0 Å². The lowest BCUT2D eigenvalue weighted by Crippen LogP contribution is -2.06. The topological polar surface area (TPSA) is 85.8 Å². The summed E-state index contributed by atoms with van der Waals surface area (Å²) in [5.41, 5.74) is 4.94. The van der Waals surface area contributed by atoms with Crippen LogP contribution >= 0.6 is 11.6 Å². The summed E-state index contributed by atoms with van der Waals surface area (Å²) in [5.74, 6) is 0.504. The van der Waals surface area contributed by atoms with Gasteiger partial charge in [-0.25, -0.2) is 19.7 Å². The molecule has 3 aromatic heterocycles. The van der Waals surface area contributed by atoms with Gasteiger partial charge in [0.25, 0.3) is 0 Å². The fourth-order valence-corrected chi connectivity index (χ4v) is 4.05. The smallest absolute Gasteiger partial charge is 0.354 e. The maximum atomic E-state index is 11.3. The first-order chi connectivity index (χ1) is 14.9. The van der Waals surface area contributed by atoms with Gasteiger partial charge < -0.3 is 14.2 Å². The van der Waals surface area contributed by atoms with Crippen molar-refractivity contribution < 1.29 is 9.90 Å². The highest BCUT2D eigenvalue weighted by Crippen LogP contribution is 2.29. The van der Waals surface area contributed by atoms with Gasteiger partial charge in [0.15, 0.2) is 11.3 Å². The maximum absolute atomic E-state index is 11.3. The number of imidazole rings is 2. The maximum Gasteiger partial charge on any atom is 0.354 e. The van der Waals surface area contributed by atoms with Gasteiger partial charge in [0.05, 0.1) is 17.6 Å². The molecule has 0 aliphatic heterocycles. The molecule has 154 valence electrons. The van der Waals surface area contributed by atoms with Crippen LogP contribution < -0.4 is 0 Å². The second-order valence-electron chi connectivity index (χ2n) is 7.38. The Kier molecular flexibility index (Phi) is 4.48. The Morgan fingerprint density at radius 3 is 2.58 bits per heavy atom. The van der Waals surface area contributed by atoms with Crippen LogP contribution in [-0.4, -0.2) is 35.2 Å². The van der Waals surface area contributed by atoms with Crippen molar-refractivity contribution in [2.24, 2.45) is 7.05 Å². The van der Waals surface area contributed by atoms with Crippen molar-refractivity contribution in [2.75, 3.05) is 0 Å². The number of hydrogen-bond donors (Lipinski definition) is 1. The number of aromatic nitrogens is 5. The molecule has 0 amide bonds. The third-order valence-electron chi connectivity index (χ3n) is 5.43. The summed E-state index contributed by atoms with van der Waals surface area (Å²) in [4.78, 5) is 24.8. The molecule has 8 heteroatoms. The van der Waals surface area contributed by atoms with E-state index in [4.69, 9.17) is 16.6 Å². The Hall–Kier alpha value is -3.71. The Bertz CT molecular complexity index is 1480. The Labute approximate surface area is 182 Å². The number of halogens is 1. The molecule has 0 spiro atoms. The summed E-state index contributed by atoms with van der Waals surface area (Å²) in [7, 11) is 1.99. The van der Waals surface area contributed by atoms with Crippen molar-refractivity contribution in [3.63, 3.8) is 0 Å².